The van der Waals surface area contributed by atoms with Crippen molar-refractivity contribution < 1.29 is 4.79 Å². The van der Waals surface area contributed by atoms with Crippen LogP contribution in [0.3, 0.4) is 0 Å². The van der Waals surface area contributed by atoms with E-state index in [9.17, 15) is 4.79 Å². The van der Waals surface area contributed by atoms with Crippen molar-refractivity contribution in [3.8, 4) is 0 Å². The van der Waals surface area contributed by atoms with E-state index in [0.29, 0.717) is 15.2 Å². The molecule has 0 aliphatic heterocycles. The van der Waals surface area contributed by atoms with Crippen LogP contribution in [0.4, 0.5) is 5.13 Å². The van der Waals surface area contributed by atoms with Gasteiger partial charge < -0.3 is 5.32 Å². The zero-order valence-electron chi connectivity index (χ0n) is 8.48. The molecular formula is C10H7Cl2N3OS. The lowest BCUT2D eigenvalue weighted by Gasteiger charge is -2.04. The molecule has 0 unspecified atom stereocenters. The number of carbonyl (C=O) groups is 1. The van der Waals surface area contributed by atoms with Gasteiger partial charge in [0.05, 0.1) is 6.42 Å². The van der Waals surface area contributed by atoms with Gasteiger partial charge in [0, 0.05) is 10.0 Å². The maximum atomic E-state index is 11.7. The van der Waals surface area contributed by atoms with Gasteiger partial charge in [-0.3, -0.25) is 4.79 Å². The van der Waals surface area contributed by atoms with E-state index >= 15 is 0 Å². The molecule has 2 rings (SSSR count). The van der Waals surface area contributed by atoms with Crippen LogP contribution in [-0.4, -0.2) is 16.1 Å². The molecule has 1 heterocycles. The molecule has 0 saturated carbocycles. The number of rotatable bonds is 3. The minimum Gasteiger partial charge on any atom is -0.300 e. The van der Waals surface area contributed by atoms with Crippen LogP contribution < -0.4 is 5.32 Å². The smallest absolute Gasteiger partial charge is 0.230 e. The number of nitrogens with zero attached hydrogens (tertiary/aromatic N) is 2. The van der Waals surface area contributed by atoms with Crippen molar-refractivity contribution in [3.63, 3.8) is 0 Å². The molecule has 0 saturated heterocycles. The van der Waals surface area contributed by atoms with E-state index in [1.165, 1.54) is 11.3 Å². The van der Waals surface area contributed by atoms with E-state index in [1.807, 2.05) is 0 Å². The minimum absolute atomic E-state index is 0.176. The second kappa shape index (κ2) is 5.44. The molecular weight excluding hydrogens is 281 g/mol. The van der Waals surface area contributed by atoms with E-state index < -0.39 is 0 Å². The van der Waals surface area contributed by atoms with E-state index in [0.717, 1.165) is 5.56 Å². The van der Waals surface area contributed by atoms with Crippen molar-refractivity contribution in [3.05, 3.63) is 39.3 Å². The summed E-state index contributed by atoms with van der Waals surface area (Å²) in [7, 11) is 0. The van der Waals surface area contributed by atoms with Crippen molar-refractivity contribution in [2.24, 2.45) is 0 Å². The molecule has 2 aromatic rings. The predicted molar refractivity (Wildman–Crippen MR) is 68.7 cm³/mol. The standard InChI is InChI=1S/C10H7Cl2N3OS/c11-7-2-1-6(8(12)4-7)3-9(16)14-10-15-13-5-17-10/h1-2,4-5H,3H2,(H,14,15,16). The van der Waals surface area contributed by atoms with Crippen molar-refractivity contribution in [1.82, 2.24) is 10.2 Å². The Morgan fingerprint density at radius 2 is 2.24 bits per heavy atom. The number of aromatic nitrogens is 2. The van der Waals surface area contributed by atoms with Crippen molar-refractivity contribution in [2.75, 3.05) is 5.32 Å². The van der Waals surface area contributed by atoms with Gasteiger partial charge in [0.25, 0.3) is 0 Å². The first-order valence-electron chi connectivity index (χ1n) is 4.65. The van der Waals surface area contributed by atoms with E-state index in [-0.39, 0.29) is 12.3 Å². The Balaban J connectivity index is 2.03. The predicted octanol–water partition coefficient (Wildman–Crippen LogP) is 3.03. The fourth-order valence-electron chi connectivity index (χ4n) is 1.23. The molecule has 88 valence electrons. The maximum absolute atomic E-state index is 11.7. The first-order valence-corrected chi connectivity index (χ1v) is 6.28. The average molecular weight is 288 g/mol. The van der Waals surface area contributed by atoms with Crippen molar-refractivity contribution >= 4 is 45.6 Å². The summed E-state index contributed by atoms with van der Waals surface area (Å²) < 4.78 is 0. The molecule has 1 aromatic carbocycles. The molecule has 0 fully saturated rings. The SMILES string of the molecule is O=C(Cc1ccc(Cl)cc1Cl)Nc1nncs1. The second-order valence-corrected chi connectivity index (χ2v) is 4.88. The fourth-order valence-corrected chi connectivity index (χ4v) is 2.17. The molecule has 0 radical (unpaired) electrons. The van der Waals surface area contributed by atoms with Crippen LogP contribution in [0.5, 0.6) is 0 Å². The molecule has 0 atom stereocenters. The summed E-state index contributed by atoms with van der Waals surface area (Å²) in [6.07, 6.45) is 0.176. The van der Waals surface area contributed by atoms with Crippen LogP contribution in [-0.2, 0) is 11.2 Å². The van der Waals surface area contributed by atoms with E-state index in [4.69, 9.17) is 23.2 Å². The fraction of sp³-hybridized carbons (Fsp3) is 0.100. The number of halogens is 2. The Morgan fingerprint density at radius 1 is 1.41 bits per heavy atom. The Labute approximate surface area is 112 Å². The van der Waals surface area contributed by atoms with Crippen LogP contribution in [0.1, 0.15) is 5.56 Å². The summed E-state index contributed by atoms with van der Waals surface area (Å²) in [5.74, 6) is -0.189. The molecule has 4 nitrogen and oxygen atoms in total. The van der Waals surface area contributed by atoms with Gasteiger partial charge in [-0.15, -0.1) is 10.2 Å². The minimum atomic E-state index is -0.189. The third kappa shape index (κ3) is 3.39. The third-order valence-electron chi connectivity index (χ3n) is 1.97. The summed E-state index contributed by atoms with van der Waals surface area (Å²) in [5, 5.41) is 11.5. The summed E-state index contributed by atoms with van der Waals surface area (Å²) in [5.41, 5.74) is 2.27. The van der Waals surface area contributed by atoms with Crippen LogP contribution in [0.2, 0.25) is 10.0 Å². The molecule has 0 bridgehead atoms. The zero-order chi connectivity index (χ0) is 12.3. The molecule has 1 N–H and O–H groups in total. The highest BCUT2D eigenvalue weighted by atomic mass is 35.5. The second-order valence-electron chi connectivity index (χ2n) is 3.20. The lowest BCUT2D eigenvalue weighted by atomic mass is 10.1. The van der Waals surface area contributed by atoms with Crippen LogP contribution in [0.15, 0.2) is 23.7 Å². The topological polar surface area (TPSA) is 54.9 Å². The largest absolute Gasteiger partial charge is 0.300 e. The Hall–Kier alpha value is -1.17. The van der Waals surface area contributed by atoms with Crippen molar-refractivity contribution in [1.29, 1.82) is 0 Å². The summed E-state index contributed by atoms with van der Waals surface area (Å²) >= 11 is 13.0. The number of anilines is 1. The highest BCUT2D eigenvalue weighted by Gasteiger charge is 2.09. The molecule has 1 aromatic heterocycles. The third-order valence-corrected chi connectivity index (χ3v) is 3.17. The number of carbonyl (C=O) groups excluding carboxylic acids is 1. The highest BCUT2D eigenvalue weighted by Crippen LogP contribution is 2.21. The van der Waals surface area contributed by atoms with Gasteiger partial charge in [-0.2, -0.15) is 0 Å². The number of nitrogens with one attached hydrogen (secondary N) is 1. The molecule has 0 aliphatic rings. The van der Waals surface area contributed by atoms with Gasteiger partial charge in [-0.05, 0) is 17.7 Å². The van der Waals surface area contributed by atoms with Gasteiger partial charge in [0.15, 0.2) is 0 Å². The van der Waals surface area contributed by atoms with Gasteiger partial charge in [0.1, 0.15) is 5.51 Å². The van der Waals surface area contributed by atoms with Crippen LogP contribution in [0.25, 0.3) is 0 Å². The highest BCUT2D eigenvalue weighted by molar-refractivity contribution is 7.13. The molecule has 7 heteroatoms. The van der Waals surface area contributed by atoms with Gasteiger partial charge in [-0.25, -0.2) is 0 Å². The van der Waals surface area contributed by atoms with Gasteiger partial charge >= 0.3 is 0 Å². The first-order chi connectivity index (χ1) is 8.15. The molecule has 0 spiro atoms. The Kier molecular flexibility index (Phi) is 3.93. The van der Waals surface area contributed by atoms with Gasteiger partial charge in [-0.1, -0.05) is 40.6 Å². The molecule has 0 aliphatic carbocycles. The van der Waals surface area contributed by atoms with Crippen molar-refractivity contribution in [2.45, 2.75) is 6.42 Å². The summed E-state index contributed by atoms with van der Waals surface area (Å²) in [4.78, 5) is 11.7. The van der Waals surface area contributed by atoms with Gasteiger partial charge in [0.2, 0.25) is 11.0 Å². The molecule has 1 amide bonds. The summed E-state index contributed by atoms with van der Waals surface area (Å²) in [6.45, 7) is 0. The maximum Gasteiger partial charge on any atom is 0.230 e. The van der Waals surface area contributed by atoms with Crippen LogP contribution in [0, 0.1) is 0 Å². The number of hydrogen-bond donors (Lipinski definition) is 1. The first kappa shape index (κ1) is 12.3. The zero-order valence-corrected chi connectivity index (χ0v) is 10.8. The van der Waals surface area contributed by atoms with E-state index in [2.05, 4.69) is 15.5 Å². The lowest BCUT2D eigenvalue weighted by molar-refractivity contribution is -0.115. The average Bonchev–Trinajstić information content (AvgIpc) is 2.75. The normalized spacial score (nSPS) is 10.2. The number of hydrogen-bond acceptors (Lipinski definition) is 4. The molecule has 17 heavy (non-hydrogen) atoms. The lowest BCUT2D eigenvalue weighted by Crippen LogP contribution is -2.14. The number of amides is 1. The summed E-state index contributed by atoms with van der Waals surface area (Å²) in [6, 6.07) is 5.03. The monoisotopic (exact) mass is 287 g/mol. The Bertz CT molecular complexity index is 530. The van der Waals surface area contributed by atoms with Crippen LogP contribution >= 0.6 is 34.5 Å². The Morgan fingerprint density at radius 3 is 2.88 bits per heavy atom. The number of benzene rings is 1. The quantitative estimate of drug-likeness (QED) is 0.944. The van der Waals surface area contributed by atoms with E-state index in [1.54, 1.807) is 23.7 Å².